The van der Waals surface area contributed by atoms with Gasteiger partial charge in [-0.1, -0.05) is 66.5 Å². The van der Waals surface area contributed by atoms with Gasteiger partial charge in [-0.2, -0.15) is 0 Å². The van der Waals surface area contributed by atoms with E-state index >= 15 is 0 Å². The monoisotopic (exact) mass is 367 g/mol. The molecule has 1 heterocycles. The number of nitrogens with zero attached hydrogens (tertiary/aromatic N) is 1. The first-order valence-corrected chi connectivity index (χ1v) is 8.99. The molecular formula is C20H17NO2S2. The van der Waals surface area contributed by atoms with Crippen LogP contribution in [-0.2, 0) is 4.79 Å². The van der Waals surface area contributed by atoms with Gasteiger partial charge in [-0.05, 0) is 42.8 Å². The second kappa shape index (κ2) is 7.68. The summed E-state index contributed by atoms with van der Waals surface area (Å²) in [5.74, 6) is 0.638. The zero-order chi connectivity index (χ0) is 17.8. The first-order valence-electron chi connectivity index (χ1n) is 7.77. The van der Waals surface area contributed by atoms with Crippen molar-refractivity contribution in [2.75, 3.05) is 11.5 Å². The molecule has 3 rings (SSSR count). The molecule has 0 atom stereocenters. The molecule has 1 saturated heterocycles. The van der Waals surface area contributed by atoms with Crippen LogP contribution >= 0.6 is 24.0 Å². The Morgan fingerprint density at radius 3 is 2.72 bits per heavy atom. The average Bonchev–Trinajstić information content (AvgIpc) is 2.88. The molecule has 0 spiro atoms. The van der Waals surface area contributed by atoms with Gasteiger partial charge in [0.2, 0.25) is 0 Å². The number of carbonyl (C=O) groups is 1. The number of amides is 1. The highest BCUT2D eigenvalue weighted by Gasteiger charge is 2.33. The second-order valence-electron chi connectivity index (χ2n) is 5.52. The number of benzene rings is 2. The van der Waals surface area contributed by atoms with E-state index in [9.17, 15) is 4.79 Å². The Labute approximate surface area is 157 Å². The number of carbonyl (C=O) groups excluding carboxylic acids is 1. The Balaban J connectivity index is 1.85. The van der Waals surface area contributed by atoms with E-state index in [4.69, 9.17) is 17.0 Å². The Kier molecular flexibility index (Phi) is 5.36. The lowest BCUT2D eigenvalue weighted by molar-refractivity contribution is -0.113. The third-order valence-electron chi connectivity index (χ3n) is 3.61. The van der Waals surface area contributed by atoms with E-state index in [2.05, 4.69) is 6.58 Å². The van der Waals surface area contributed by atoms with Gasteiger partial charge < -0.3 is 4.74 Å². The summed E-state index contributed by atoms with van der Waals surface area (Å²) in [5.41, 5.74) is 2.83. The van der Waals surface area contributed by atoms with Crippen molar-refractivity contribution >= 4 is 46.0 Å². The molecule has 0 aliphatic carbocycles. The van der Waals surface area contributed by atoms with Crippen molar-refractivity contribution in [2.45, 2.75) is 6.92 Å². The number of ether oxygens (including phenoxy) is 1. The number of aryl methyl sites for hydroxylation is 1. The number of thiocarbonyl (C=S) groups is 1. The van der Waals surface area contributed by atoms with Gasteiger partial charge in [0.1, 0.15) is 12.4 Å². The molecule has 126 valence electrons. The van der Waals surface area contributed by atoms with Gasteiger partial charge in [-0.25, -0.2) is 0 Å². The smallest absolute Gasteiger partial charge is 0.270 e. The van der Waals surface area contributed by atoms with Gasteiger partial charge in [0.25, 0.3) is 5.91 Å². The number of hydrogen-bond acceptors (Lipinski definition) is 4. The molecule has 1 fully saturated rings. The zero-order valence-electron chi connectivity index (χ0n) is 13.8. The fourth-order valence-electron chi connectivity index (χ4n) is 2.38. The molecular weight excluding hydrogens is 350 g/mol. The molecule has 0 unspecified atom stereocenters. The molecule has 0 saturated carbocycles. The van der Waals surface area contributed by atoms with Crippen LogP contribution in [-0.4, -0.2) is 16.8 Å². The topological polar surface area (TPSA) is 29.5 Å². The summed E-state index contributed by atoms with van der Waals surface area (Å²) in [6.07, 6.45) is 3.54. The van der Waals surface area contributed by atoms with Crippen molar-refractivity contribution in [3.63, 3.8) is 0 Å². The minimum absolute atomic E-state index is 0.101. The van der Waals surface area contributed by atoms with Crippen LogP contribution in [0.5, 0.6) is 5.75 Å². The van der Waals surface area contributed by atoms with Gasteiger partial charge in [0, 0.05) is 0 Å². The molecule has 3 nitrogen and oxygen atoms in total. The molecule has 25 heavy (non-hydrogen) atoms. The lowest BCUT2D eigenvalue weighted by Gasteiger charge is -2.14. The zero-order valence-corrected chi connectivity index (χ0v) is 15.4. The van der Waals surface area contributed by atoms with Crippen molar-refractivity contribution in [1.29, 1.82) is 0 Å². The standard InChI is InChI=1S/C20H17NO2S2/c1-3-11-23-17-6-4-5-15(12-17)13-18-19(22)21(20(24)25-18)16-9-7-14(2)8-10-16/h3-10,12-13H,1,11H2,2H3/b18-13-. The van der Waals surface area contributed by atoms with Crippen molar-refractivity contribution in [3.05, 3.63) is 77.2 Å². The molecule has 1 amide bonds. The highest BCUT2D eigenvalue weighted by atomic mass is 32.2. The summed E-state index contributed by atoms with van der Waals surface area (Å²) in [6, 6.07) is 15.3. The maximum absolute atomic E-state index is 12.8. The summed E-state index contributed by atoms with van der Waals surface area (Å²) in [5, 5.41) is 0. The van der Waals surface area contributed by atoms with Crippen molar-refractivity contribution in [3.8, 4) is 5.75 Å². The highest BCUT2D eigenvalue weighted by molar-refractivity contribution is 8.27. The van der Waals surface area contributed by atoms with E-state index in [1.165, 1.54) is 11.8 Å². The predicted molar refractivity (Wildman–Crippen MR) is 109 cm³/mol. The third kappa shape index (κ3) is 4.00. The van der Waals surface area contributed by atoms with Crippen LogP contribution in [0.2, 0.25) is 0 Å². The quantitative estimate of drug-likeness (QED) is 0.424. The molecule has 5 heteroatoms. The van der Waals surface area contributed by atoms with Crippen LogP contribution < -0.4 is 9.64 Å². The van der Waals surface area contributed by atoms with E-state index in [0.29, 0.717) is 15.8 Å². The Morgan fingerprint density at radius 2 is 2.00 bits per heavy atom. The fraction of sp³-hybridized carbons (Fsp3) is 0.100. The Bertz CT molecular complexity index is 856. The van der Waals surface area contributed by atoms with E-state index in [1.807, 2.05) is 61.5 Å². The number of hydrogen-bond donors (Lipinski definition) is 0. The van der Waals surface area contributed by atoms with E-state index in [0.717, 1.165) is 22.6 Å². The summed E-state index contributed by atoms with van der Waals surface area (Å²) >= 11 is 6.71. The van der Waals surface area contributed by atoms with Crippen LogP contribution in [0.15, 0.2) is 66.1 Å². The summed E-state index contributed by atoms with van der Waals surface area (Å²) in [7, 11) is 0. The average molecular weight is 367 g/mol. The Hall–Kier alpha value is -2.37. The second-order valence-corrected chi connectivity index (χ2v) is 7.20. The molecule has 0 radical (unpaired) electrons. The summed E-state index contributed by atoms with van der Waals surface area (Å²) in [4.78, 5) is 14.9. The molecule has 0 bridgehead atoms. The van der Waals surface area contributed by atoms with Crippen LogP contribution in [0.4, 0.5) is 5.69 Å². The van der Waals surface area contributed by atoms with Gasteiger partial charge in [-0.15, -0.1) is 0 Å². The van der Waals surface area contributed by atoms with E-state index in [1.54, 1.807) is 11.0 Å². The lowest BCUT2D eigenvalue weighted by atomic mass is 10.2. The maximum atomic E-state index is 12.8. The third-order valence-corrected chi connectivity index (χ3v) is 4.91. The first-order chi connectivity index (χ1) is 12.1. The van der Waals surface area contributed by atoms with Gasteiger partial charge >= 0.3 is 0 Å². The molecule has 2 aromatic rings. The minimum Gasteiger partial charge on any atom is -0.490 e. The van der Waals surface area contributed by atoms with Crippen LogP contribution in [0.1, 0.15) is 11.1 Å². The molecule has 0 aromatic heterocycles. The largest absolute Gasteiger partial charge is 0.490 e. The van der Waals surface area contributed by atoms with Gasteiger partial charge in [0.15, 0.2) is 4.32 Å². The van der Waals surface area contributed by atoms with E-state index in [-0.39, 0.29) is 5.91 Å². The number of rotatable bonds is 5. The van der Waals surface area contributed by atoms with Crippen LogP contribution in [0, 0.1) is 6.92 Å². The van der Waals surface area contributed by atoms with Crippen LogP contribution in [0.3, 0.4) is 0 Å². The van der Waals surface area contributed by atoms with Crippen molar-refractivity contribution in [2.24, 2.45) is 0 Å². The highest BCUT2D eigenvalue weighted by Crippen LogP contribution is 2.36. The normalized spacial score (nSPS) is 15.7. The molecule has 2 aromatic carbocycles. The van der Waals surface area contributed by atoms with E-state index < -0.39 is 0 Å². The van der Waals surface area contributed by atoms with Crippen molar-refractivity contribution in [1.82, 2.24) is 0 Å². The SMILES string of the molecule is C=CCOc1cccc(/C=C2\SC(=S)N(c3ccc(C)cc3)C2=O)c1. The predicted octanol–water partition coefficient (Wildman–Crippen LogP) is 4.97. The molecule has 1 aliphatic heterocycles. The van der Waals surface area contributed by atoms with Crippen molar-refractivity contribution < 1.29 is 9.53 Å². The molecule has 1 aliphatic rings. The van der Waals surface area contributed by atoms with Gasteiger partial charge in [0.05, 0.1) is 10.6 Å². The first kappa shape index (κ1) is 17.5. The number of thioether (sulfide) groups is 1. The maximum Gasteiger partial charge on any atom is 0.270 e. The minimum atomic E-state index is -0.101. The van der Waals surface area contributed by atoms with Gasteiger partial charge in [-0.3, -0.25) is 9.69 Å². The summed E-state index contributed by atoms with van der Waals surface area (Å²) < 4.78 is 6.08. The Morgan fingerprint density at radius 1 is 1.24 bits per heavy atom. The molecule has 0 N–H and O–H groups in total. The van der Waals surface area contributed by atoms with Crippen LogP contribution in [0.25, 0.3) is 6.08 Å². The number of anilines is 1. The summed E-state index contributed by atoms with van der Waals surface area (Å²) in [6.45, 7) is 6.09. The lowest BCUT2D eigenvalue weighted by Crippen LogP contribution is -2.27. The fourth-order valence-corrected chi connectivity index (χ4v) is 3.68.